The first-order valence-electron chi connectivity index (χ1n) is 5.88. The molecule has 3 unspecified atom stereocenters. The highest BCUT2D eigenvalue weighted by Gasteiger charge is 2.49. The molecule has 5 heteroatoms. The molecular weight excluding hydrogens is 258 g/mol. The third kappa shape index (κ3) is 1.98. The summed E-state index contributed by atoms with van der Waals surface area (Å²) in [4.78, 5) is 14.7. The van der Waals surface area contributed by atoms with Gasteiger partial charge in [-0.2, -0.15) is 0 Å². The molecule has 2 aliphatic heterocycles. The number of hydrogen-bond donors (Lipinski definition) is 1. The van der Waals surface area contributed by atoms with Crippen molar-refractivity contribution in [1.29, 1.82) is 0 Å². The fourth-order valence-corrected chi connectivity index (χ4v) is 4.33. The minimum Gasteiger partial charge on any atom is -0.481 e. The number of carbonyl (C=O) groups is 1. The minimum atomic E-state index is -0.633. The highest BCUT2D eigenvalue weighted by atomic mass is 35.5. The van der Waals surface area contributed by atoms with Crippen molar-refractivity contribution in [3.63, 3.8) is 0 Å². The van der Waals surface area contributed by atoms with Gasteiger partial charge in [-0.15, -0.1) is 11.3 Å². The minimum absolute atomic E-state index is 0.163. The second-order valence-electron chi connectivity index (χ2n) is 4.86. The summed E-state index contributed by atoms with van der Waals surface area (Å²) in [7, 11) is 0. The van der Waals surface area contributed by atoms with Gasteiger partial charge in [-0.3, -0.25) is 9.69 Å². The SMILES string of the molecule is O=C(O)C1CC2CCC1N2Cc1ccc(Cl)s1. The van der Waals surface area contributed by atoms with E-state index in [1.807, 2.05) is 12.1 Å². The summed E-state index contributed by atoms with van der Waals surface area (Å²) in [5.74, 6) is -0.796. The van der Waals surface area contributed by atoms with E-state index in [1.165, 1.54) is 4.88 Å². The zero-order valence-corrected chi connectivity index (χ0v) is 10.9. The Labute approximate surface area is 109 Å². The molecule has 92 valence electrons. The van der Waals surface area contributed by atoms with Crippen LogP contribution in [0.3, 0.4) is 0 Å². The van der Waals surface area contributed by atoms with Crippen LogP contribution < -0.4 is 0 Å². The lowest BCUT2D eigenvalue weighted by molar-refractivity contribution is -0.142. The van der Waals surface area contributed by atoms with Gasteiger partial charge in [0.1, 0.15) is 0 Å². The van der Waals surface area contributed by atoms with Crippen molar-refractivity contribution in [2.24, 2.45) is 5.92 Å². The van der Waals surface area contributed by atoms with Gasteiger partial charge in [0.15, 0.2) is 0 Å². The van der Waals surface area contributed by atoms with Crippen LogP contribution in [0, 0.1) is 5.92 Å². The largest absolute Gasteiger partial charge is 0.481 e. The van der Waals surface area contributed by atoms with Crippen molar-refractivity contribution < 1.29 is 9.90 Å². The van der Waals surface area contributed by atoms with Crippen LogP contribution in [0.4, 0.5) is 0 Å². The van der Waals surface area contributed by atoms with Gasteiger partial charge in [-0.1, -0.05) is 11.6 Å². The second-order valence-corrected chi connectivity index (χ2v) is 6.66. The van der Waals surface area contributed by atoms with Gasteiger partial charge in [-0.05, 0) is 31.4 Å². The Bertz CT molecular complexity index is 447. The van der Waals surface area contributed by atoms with Crippen LogP contribution in [0.1, 0.15) is 24.1 Å². The zero-order valence-electron chi connectivity index (χ0n) is 9.30. The van der Waals surface area contributed by atoms with Crippen LogP contribution in [0.15, 0.2) is 12.1 Å². The maximum absolute atomic E-state index is 11.1. The third-order valence-electron chi connectivity index (χ3n) is 3.97. The van der Waals surface area contributed by atoms with E-state index in [0.29, 0.717) is 6.04 Å². The summed E-state index contributed by atoms with van der Waals surface area (Å²) in [5.41, 5.74) is 0. The number of halogens is 1. The van der Waals surface area contributed by atoms with E-state index in [2.05, 4.69) is 4.90 Å². The van der Waals surface area contributed by atoms with Gasteiger partial charge in [0.2, 0.25) is 0 Å². The van der Waals surface area contributed by atoms with Crippen molar-refractivity contribution in [1.82, 2.24) is 4.90 Å². The molecule has 3 nitrogen and oxygen atoms in total. The summed E-state index contributed by atoms with van der Waals surface area (Å²) < 4.78 is 0.807. The fourth-order valence-electron chi connectivity index (χ4n) is 3.23. The van der Waals surface area contributed by atoms with E-state index in [4.69, 9.17) is 11.6 Å². The summed E-state index contributed by atoms with van der Waals surface area (Å²) in [6.45, 7) is 0.858. The summed E-state index contributed by atoms with van der Waals surface area (Å²) >= 11 is 7.51. The monoisotopic (exact) mass is 271 g/mol. The maximum Gasteiger partial charge on any atom is 0.308 e. The predicted octanol–water partition coefficient (Wildman–Crippen LogP) is 2.84. The standard InChI is InChI=1S/C12H14ClNO2S/c13-11-4-2-8(17-11)6-14-7-1-3-10(14)9(5-7)12(15)16/h2,4,7,9-10H,1,3,5-6H2,(H,15,16). The number of hydrogen-bond acceptors (Lipinski definition) is 3. The Morgan fingerprint density at radius 3 is 2.94 bits per heavy atom. The lowest BCUT2D eigenvalue weighted by Crippen LogP contribution is -2.32. The predicted molar refractivity (Wildman–Crippen MR) is 67.4 cm³/mol. The van der Waals surface area contributed by atoms with E-state index in [1.54, 1.807) is 11.3 Å². The van der Waals surface area contributed by atoms with E-state index in [0.717, 1.165) is 30.1 Å². The molecule has 17 heavy (non-hydrogen) atoms. The van der Waals surface area contributed by atoms with Crippen LogP contribution in [0.25, 0.3) is 0 Å². The van der Waals surface area contributed by atoms with E-state index in [-0.39, 0.29) is 12.0 Å². The van der Waals surface area contributed by atoms with Gasteiger partial charge < -0.3 is 5.11 Å². The first kappa shape index (κ1) is 11.5. The molecule has 0 saturated carbocycles. The number of nitrogens with zero attached hydrogens (tertiary/aromatic N) is 1. The van der Waals surface area contributed by atoms with Gasteiger partial charge in [-0.25, -0.2) is 0 Å². The van der Waals surface area contributed by atoms with Crippen molar-refractivity contribution in [3.05, 3.63) is 21.3 Å². The molecule has 2 bridgehead atoms. The first-order valence-corrected chi connectivity index (χ1v) is 7.07. The van der Waals surface area contributed by atoms with Gasteiger partial charge in [0.05, 0.1) is 10.3 Å². The molecule has 0 aromatic carbocycles. The normalized spacial score (nSPS) is 32.2. The third-order valence-corrected chi connectivity index (χ3v) is 5.18. The van der Waals surface area contributed by atoms with Crippen molar-refractivity contribution in [2.45, 2.75) is 37.9 Å². The Kier molecular flexibility index (Phi) is 2.89. The number of carboxylic acids is 1. The second kappa shape index (κ2) is 4.26. The number of rotatable bonds is 3. The lowest BCUT2D eigenvalue weighted by Gasteiger charge is -2.21. The maximum atomic E-state index is 11.1. The summed E-state index contributed by atoms with van der Waals surface area (Å²) in [6.07, 6.45) is 2.99. The fraction of sp³-hybridized carbons (Fsp3) is 0.583. The summed E-state index contributed by atoms with van der Waals surface area (Å²) in [6, 6.07) is 4.65. The average molecular weight is 272 g/mol. The van der Waals surface area contributed by atoms with E-state index >= 15 is 0 Å². The van der Waals surface area contributed by atoms with Crippen LogP contribution in [-0.2, 0) is 11.3 Å². The Balaban J connectivity index is 1.75. The molecule has 0 aliphatic carbocycles. The van der Waals surface area contributed by atoms with E-state index in [9.17, 15) is 9.90 Å². The lowest BCUT2D eigenvalue weighted by atomic mass is 9.89. The van der Waals surface area contributed by atoms with Crippen molar-refractivity contribution >= 4 is 28.9 Å². The molecule has 0 spiro atoms. The molecule has 0 amide bonds. The molecule has 2 aliphatic rings. The van der Waals surface area contributed by atoms with Crippen LogP contribution in [0.2, 0.25) is 4.34 Å². The van der Waals surface area contributed by atoms with Gasteiger partial charge in [0.25, 0.3) is 0 Å². The van der Waals surface area contributed by atoms with Gasteiger partial charge in [0, 0.05) is 23.5 Å². The molecule has 0 radical (unpaired) electrons. The summed E-state index contributed by atoms with van der Waals surface area (Å²) in [5, 5.41) is 9.18. The van der Waals surface area contributed by atoms with Crippen molar-refractivity contribution in [3.8, 4) is 0 Å². The first-order chi connectivity index (χ1) is 8.15. The average Bonchev–Trinajstić information content (AvgIpc) is 2.95. The van der Waals surface area contributed by atoms with E-state index < -0.39 is 5.97 Å². The number of carboxylic acid groups (broad SMARTS) is 1. The van der Waals surface area contributed by atoms with Crippen LogP contribution >= 0.6 is 22.9 Å². The Hall–Kier alpha value is -0.580. The highest BCUT2D eigenvalue weighted by Crippen LogP contribution is 2.43. The Morgan fingerprint density at radius 2 is 2.35 bits per heavy atom. The molecule has 3 atom stereocenters. The van der Waals surface area contributed by atoms with Crippen molar-refractivity contribution in [2.75, 3.05) is 0 Å². The molecule has 2 fully saturated rings. The molecule has 2 saturated heterocycles. The quantitative estimate of drug-likeness (QED) is 0.919. The molecule has 1 N–H and O–H groups in total. The highest BCUT2D eigenvalue weighted by molar-refractivity contribution is 7.16. The number of thiophene rings is 1. The Morgan fingerprint density at radius 1 is 1.53 bits per heavy atom. The molecule has 3 rings (SSSR count). The topological polar surface area (TPSA) is 40.5 Å². The molecular formula is C12H14ClNO2S. The van der Waals surface area contributed by atoms with Crippen LogP contribution in [-0.4, -0.2) is 28.1 Å². The zero-order chi connectivity index (χ0) is 12.0. The number of aliphatic carboxylic acids is 1. The number of fused-ring (bicyclic) bond motifs is 2. The smallest absolute Gasteiger partial charge is 0.308 e. The van der Waals surface area contributed by atoms with Gasteiger partial charge >= 0.3 is 5.97 Å². The molecule has 1 aromatic rings. The van der Waals surface area contributed by atoms with Crippen LogP contribution in [0.5, 0.6) is 0 Å². The molecule has 1 aromatic heterocycles. The molecule has 3 heterocycles.